The minimum atomic E-state index is -0.592. The fourth-order valence-corrected chi connectivity index (χ4v) is 3.87. The monoisotopic (exact) mass is 324 g/mol. The van der Waals surface area contributed by atoms with E-state index >= 15 is 0 Å². The van der Waals surface area contributed by atoms with Gasteiger partial charge >= 0.3 is 0 Å². The van der Waals surface area contributed by atoms with Gasteiger partial charge in [-0.1, -0.05) is 30.3 Å². The summed E-state index contributed by atoms with van der Waals surface area (Å²) >= 11 is 1.66. The second-order valence-electron chi connectivity index (χ2n) is 6.27. The molecule has 0 amide bonds. The van der Waals surface area contributed by atoms with E-state index < -0.39 is 5.79 Å². The van der Waals surface area contributed by atoms with Gasteiger partial charge in [0.15, 0.2) is 5.79 Å². The first kappa shape index (κ1) is 16.3. The smallest absolute Gasteiger partial charge is 0.164 e. The Labute approximate surface area is 136 Å². The van der Waals surface area contributed by atoms with Crippen molar-refractivity contribution in [3.8, 4) is 0 Å². The number of hydrogen-bond acceptors (Lipinski definition) is 5. The minimum Gasteiger partial charge on any atom is -0.368 e. The Balaban J connectivity index is 1.72. The molecule has 0 unspecified atom stereocenters. The Morgan fingerprint density at radius 3 is 2.50 bits per heavy atom. The van der Waals surface area contributed by atoms with Crippen LogP contribution in [0.2, 0.25) is 0 Å². The zero-order valence-corrected chi connectivity index (χ0v) is 14.3. The number of fused-ring (bicyclic) bond motifs is 1. The summed E-state index contributed by atoms with van der Waals surface area (Å²) in [6, 6.07) is 10.2. The summed E-state index contributed by atoms with van der Waals surface area (Å²) in [5.41, 5.74) is 1.13. The lowest BCUT2D eigenvalue weighted by Crippen LogP contribution is -2.55. The van der Waals surface area contributed by atoms with Crippen LogP contribution in [0.1, 0.15) is 26.3 Å². The fourth-order valence-electron chi connectivity index (χ4n) is 3.10. The van der Waals surface area contributed by atoms with Gasteiger partial charge < -0.3 is 18.9 Å². The van der Waals surface area contributed by atoms with Crippen molar-refractivity contribution in [1.82, 2.24) is 0 Å². The molecule has 5 atom stereocenters. The second kappa shape index (κ2) is 6.49. The molecule has 2 heterocycles. The van der Waals surface area contributed by atoms with Gasteiger partial charge in [-0.25, -0.2) is 0 Å². The van der Waals surface area contributed by atoms with Gasteiger partial charge in [0.25, 0.3) is 0 Å². The fraction of sp³-hybridized carbons (Fsp3) is 0.647. The van der Waals surface area contributed by atoms with Crippen molar-refractivity contribution in [3.63, 3.8) is 0 Å². The summed E-state index contributed by atoms with van der Waals surface area (Å²) in [4.78, 5) is 0. The van der Waals surface area contributed by atoms with E-state index in [4.69, 9.17) is 18.9 Å². The number of hydrogen-bond donors (Lipinski definition) is 0. The maximum Gasteiger partial charge on any atom is 0.164 e. The topological polar surface area (TPSA) is 36.9 Å². The van der Waals surface area contributed by atoms with Crippen LogP contribution < -0.4 is 0 Å². The molecule has 2 fully saturated rings. The van der Waals surface area contributed by atoms with Crippen LogP contribution in [0.25, 0.3) is 0 Å². The lowest BCUT2D eigenvalue weighted by Gasteiger charge is -2.40. The van der Waals surface area contributed by atoms with Gasteiger partial charge in [-0.2, -0.15) is 0 Å². The van der Waals surface area contributed by atoms with Gasteiger partial charge in [-0.15, -0.1) is 11.8 Å². The molecule has 5 heteroatoms. The lowest BCUT2D eigenvalue weighted by molar-refractivity contribution is -0.183. The largest absolute Gasteiger partial charge is 0.368 e. The highest BCUT2D eigenvalue weighted by Gasteiger charge is 2.54. The third-order valence-electron chi connectivity index (χ3n) is 4.08. The zero-order valence-electron chi connectivity index (χ0n) is 13.5. The average molecular weight is 324 g/mol. The third kappa shape index (κ3) is 3.34. The molecule has 0 N–H and O–H groups in total. The van der Waals surface area contributed by atoms with Crippen molar-refractivity contribution in [1.29, 1.82) is 0 Å². The van der Waals surface area contributed by atoms with E-state index in [-0.39, 0.29) is 29.9 Å². The van der Waals surface area contributed by atoms with Crippen molar-refractivity contribution >= 4 is 11.8 Å². The predicted molar refractivity (Wildman–Crippen MR) is 86.7 cm³/mol. The molecule has 22 heavy (non-hydrogen) atoms. The highest BCUT2D eigenvalue weighted by Crippen LogP contribution is 2.41. The van der Waals surface area contributed by atoms with Gasteiger partial charge in [0.2, 0.25) is 0 Å². The normalized spacial score (nSPS) is 37.0. The molecule has 0 saturated carbocycles. The Morgan fingerprint density at radius 1 is 1.14 bits per heavy atom. The first-order chi connectivity index (χ1) is 10.5. The Morgan fingerprint density at radius 2 is 1.82 bits per heavy atom. The van der Waals surface area contributed by atoms with Crippen LogP contribution in [0.3, 0.4) is 0 Å². The van der Waals surface area contributed by atoms with Crippen molar-refractivity contribution in [2.24, 2.45) is 0 Å². The van der Waals surface area contributed by atoms with Crippen LogP contribution in [0.5, 0.6) is 0 Å². The van der Waals surface area contributed by atoms with E-state index in [1.165, 1.54) is 0 Å². The summed E-state index contributed by atoms with van der Waals surface area (Å²) in [5, 5.41) is 0. The van der Waals surface area contributed by atoms with Crippen molar-refractivity contribution in [2.45, 2.75) is 63.0 Å². The molecule has 0 aliphatic carbocycles. The number of rotatable bonds is 4. The molecule has 1 aromatic carbocycles. The zero-order chi connectivity index (χ0) is 15.7. The lowest BCUT2D eigenvalue weighted by atomic mass is 10.0. The summed E-state index contributed by atoms with van der Waals surface area (Å²) in [6.07, 6.45) is 1.69. The average Bonchev–Trinajstić information content (AvgIpc) is 2.82. The number of thioether (sulfide) groups is 1. The van der Waals surface area contributed by atoms with Crippen molar-refractivity contribution < 1.29 is 18.9 Å². The Hall–Kier alpha value is -0.590. The molecule has 0 spiro atoms. The van der Waals surface area contributed by atoms with Gasteiger partial charge in [0.05, 0.1) is 12.7 Å². The molecular weight excluding hydrogens is 300 g/mol. The summed E-state index contributed by atoms with van der Waals surface area (Å²) in [7, 11) is 0. The van der Waals surface area contributed by atoms with E-state index in [1.807, 2.05) is 45.2 Å². The highest BCUT2D eigenvalue weighted by molar-refractivity contribution is 7.99. The summed E-state index contributed by atoms with van der Waals surface area (Å²) < 4.78 is 24.4. The van der Waals surface area contributed by atoms with E-state index in [2.05, 4.69) is 12.1 Å². The van der Waals surface area contributed by atoms with E-state index in [0.29, 0.717) is 6.61 Å². The minimum absolute atomic E-state index is 0.0154. The number of benzene rings is 1. The van der Waals surface area contributed by atoms with Crippen LogP contribution in [0, 0.1) is 0 Å². The molecule has 2 aliphatic rings. The SMILES string of the molecule is CS[C@@H]1O[C@@H](C)[C@H](OCc2ccccc2)[C@H]2OC(C)(C)O[C@H]21. The molecule has 0 bridgehead atoms. The van der Waals surface area contributed by atoms with Gasteiger partial charge in [-0.05, 0) is 32.6 Å². The molecule has 4 nitrogen and oxygen atoms in total. The van der Waals surface area contributed by atoms with Crippen LogP contribution in [-0.2, 0) is 25.6 Å². The van der Waals surface area contributed by atoms with Crippen molar-refractivity contribution in [3.05, 3.63) is 35.9 Å². The first-order valence-corrected chi connectivity index (χ1v) is 8.98. The predicted octanol–water partition coefficient (Wildman–Crippen LogP) is 3.20. The van der Waals surface area contributed by atoms with Crippen LogP contribution in [0.4, 0.5) is 0 Å². The summed E-state index contributed by atoms with van der Waals surface area (Å²) in [6.45, 7) is 6.49. The molecule has 0 radical (unpaired) electrons. The van der Waals surface area contributed by atoms with E-state index in [0.717, 1.165) is 5.56 Å². The molecule has 122 valence electrons. The molecule has 2 aliphatic heterocycles. The van der Waals surface area contributed by atoms with Gasteiger partial charge in [0.1, 0.15) is 23.7 Å². The quantitative estimate of drug-likeness (QED) is 0.850. The maximum absolute atomic E-state index is 6.14. The second-order valence-corrected chi connectivity index (χ2v) is 7.21. The highest BCUT2D eigenvalue weighted by atomic mass is 32.2. The first-order valence-electron chi connectivity index (χ1n) is 7.69. The van der Waals surface area contributed by atoms with Gasteiger partial charge in [-0.3, -0.25) is 0 Å². The third-order valence-corrected chi connectivity index (χ3v) is 4.93. The van der Waals surface area contributed by atoms with E-state index in [9.17, 15) is 0 Å². The van der Waals surface area contributed by atoms with E-state index in [1.54, 1.807) is 11.8 Å². The van der Waals surface area contributed by atoms with Crippen LogP contribution in [-0.4, -0.2) is 41.9 Å². The van der Waals surface area contributed by atoms with Crippen molar-refractivity contribution in [2.75, 3.05) is 6.26 Å². The molecule has 1 aromatic rings. The standard InChI is InChI=1S/C17H24O4S/c1-11-13(18-10-12-8-6-5-7-9-12)14-15(16(19-11)22-4)21-17(2,3)20-14/h5-9,11,13-16H,10H2,1-4H3/t11-,13-,14+,15+,16-/m0/s1. The molecular formula is C17H24O4S. The number of ether oxygens (including phenoxy) is 4. The Kier molecular flexibility index (Phi) is 4.80. The summed E-state index contributed by atoms with van der Waals surface area (Å²) in [5.74, 6) is -0.592. The van der Waals surface area contributed by atoms with Crippen LogP contribution >= 0.6 is 11.8 Å². The molecule has 2 saturated heterocycles. The molecule has 3 rings (SSSR count). The molecule has 0 aromatic heterocycles. The Bertz CT molecular complexity index is 493. The maximum atomic E-state index is 6.14. The van der Waals surface area contributed by atoms with Gasteiger partial charge in [0, 0.05) is 0 Å². The van der Waals surface area contributed by atoms with Crippen LogP contribution in [0.15, 0.2) is 30.3 Å².